The van der Waals surface area contributed by atoms with Gasteiger partial charge in [-0.3, -0.25) is 14.4 Å². The zero-order chi connectivity index (χ0) is 25.9. The van der Waals surface area contributed by atoms with E-state index in [1.807, 2.05) is 18.9 Å². The van der Waals surface area contributed by atoms with Crippen molar-refractivity contribution in [1.82, 2.24) is 19.7 Å². The molecule has 1 aromatic carbocycles. The fraction of sp³-hybridized carbons (Fsp3) is 0.417. The summed E-state index contributed by atoms with van der Waals surface area (Å²) in [6, 6.07) is 2.13. The highest BCUT2D eigenvalue weighted by Gasteiger charge is 2.56. The largest absolute Gasteiger partial charge is 0.503 e. The van der Waals surface area contributed by atoms with Crippen LogP contribution in [0.1, 0.15) is 59.1 Å². The third kappa shape index (κ3) is 3.42. The van der Waals surface area contributed by atoms with Crippen LogP contribution in [0.15, 0.2) is 34.3 Å². The summed E-state index contributed by atoms with van der Waals surface area (Å²) in [6.45, 7) is 3.57. The monoisotopic (exact) mass is 501 g/mol. The minimum Gasteiger partial charge on any atom is -0.503 e. The summed E-state index contributed by atoms with van der Waals surface area (Å²) in [5.74, 6) is -3.24. The zero-order valence-corrected chi connectivity index (χ0v) is 19.9. The number of oxime groups is 1. The van der Waals surface area contributed by atoms with E-state index < -0.39 is 52.0 Å². The lowest BCUT2D eigenvalue weighted by Crippen LogP contribution is -2.57. The van der Waals surface area contributed by atoms with Crippen LogP contribution in [0.3, 0.4) is 0 Å². The number of aromatic nitrogens is 1. The van der Waals surface area contributed by atoms with Crippen LogP contribution in [-0.4, -0.2) is 62.5 Å². The summed E-state index contributed by atoms with van der Waals surface area (Å²) in [5, 5.41) is 17.4. The van der Waals surface area contributed by atoms with E-state index in [0.29, 0.717) is 24.7 Å². The lowest BCUT2D eigenvalue weighted by atomic mass is 9.94. The molecule has 1 spiro atoms. The quantitative estimate of drug-likeness (QED) is 0.664. The van der Waals surface area contributed by atoms with Crippen molar-refractivity contribution in [3.8, 4) is 5.75 Å². The number of carbonyl (C=O) groups is 2. The van der Waals surface area contributed by atoms with Gasteiger partial charge in [-0.1, -0.05) is 11.2 Å². The van der Waals surface area contributed by atoms with Crippen molar-refractivity contribution in [1.29, 1.82) is 0 Å². The van der Waals surface area contributed by atoms with Gasteiger partial charge in [-0.15, -0.1) is 0 Å². The maximum Gasteiger partial charge on any atom is 0.274 e. The molecule has 10 nitrogen and oxygen atoms in total. The Balaban J connectivity index is 1.57. The number of carbonyl (C=O) groups excluding carboxylic acids is 2. The van der Waals surface area contributed by atoms with Crippen LogP contribution in [0, 0.1) is 11.6 Å². The summed E-state index contributed by atoms with van der Waals surface area (Å²) in [6.07, 6.45) is 2.32. The molecule has 36 heavy (non-hydrogen) atoms. The van der Waals surface area contributed by atoms with E-state index in [0.717, 1.165) is 6.07 Å². The minimum atomic E-state index is -1.03. The molecule has 2 aromatic rings. The highest BCUT2D eigenvalue weighted by atomic mass is 19.1. The molecule has 3 aliphatic rings. The number of hydrogen-bond acceptors (Lipinski definition) is 7. The summed E-state index contributed by atoms with van der Waals surface area (Å²) < 4.78 is 28.6. The molecule has 190 valence electrons. The van der Waals surface area contributed by atoms with Gasteiger partial charge >= 0.3 is 0 Å². The van der Waals surface area contributed by atoms with Crippen molar-refractivity contribution in [2.45, 2.75) is 51.0 Å². The fourth-order valence-electron chi connectivity index (χ4n) is 5.19. The second-order valence-corrected chi connectivity index (χ2v) is 9.39. The molecular weight excluding hydrogens is 476 g/mol. The molecule has 2 bridgehead atoms. The number of hydrogen-bond donors (Lipinski definition) is 2. The predicted molar refractivity (Wildman–Crippen MR) is 123 cm³/mol. The van der Waals surface area contributed by atoms with Gasteiger partial charge in [0.25, 0.3) is 11.8 Å². The lowest BCUT2D eigenvalue weighted by Gasteiger charge is -2.44. The van der Waals surface area contributed by atoms with Crippen LogP contribution in [0.2, 0.25) is 0 Å². The van der Waals surface area contributed by atoms with Gasteiger partial charge in [-0.2, -0.15) is 0 Å². The van der Waals surface area contributed by atoms with Crippen LogP contribution in [0.4, 0.5) is 8.78 Å². The number of pyridine rings is 1. The third-order valence-electron chi connectivity index (χ3n) is 7.44. The Kier molecular flexibility index (Phi) is 5.49. The topological polar surface area (TPSA) is 116 Å². The Morgan fingerprint density at radius 2 is 2.08 bits per heavy atom. The number of aromatic hydroxyl groups is 1. The van der Waals surface area contributed by atoms with Crippen LogP contribution >= 0.6 is 0 Å². The molecule has 5 rings (SSSR count). The van der Waals surface area contributed by atoms with Crippen molar-refractivity contribution in [3.05, 3.63) is 63.1 Å². The molecule has 1 saturated heterocycles. The highest BCUT2D eigenvalue weighted by molar-refractivity contribution is 5.99. The number of benzene rings is 1. The van der Waals surface area contributed by atoms with Crippen LogP contribution < -0.4 is 10.7 Å². The summed E-state index contributed by atoms with van der Waals surface area (Å²) in [5.41, 5.74) is -2.67. The first-order chi connectivity index (χ1) is 17.0. The summed E-state index contributed by atoms with van der Waals surface area (Å²) >= 11 is 0. The average molecular weight is 501 g/mol. The molecule has 0 unspecified atom stereocenters. The molecule has 12 heteroatoms. The SMILES string of the molecule is CC1=NO[C@@]2(CC[C@H](C)N3C[C@H]2n2cc(C(=O)NCc4ccc(F)cc4F)c(=O)c(O)c2C3=O)N1C. The first-order valence-electron chi connectivity index (χ1n) is 11.5. The van der Waals surface area contributed by atoms with E-state index >= 15 is 0 Å². The normalized spacial score (nSPS) is 24.8. The van der Waals surface area contributed by atoms with Gasteiger partial charge in [0.05, 0.1) is 0 Å². The fourth-order valence-corrected chi connectivity index (χ4v) is 5.19. The van der Waals surface area contributed by atoms with Crippen LogP contribution in [0.5, 0.6) is 5.75 Å². The summed E-state index contributed by atoms with van der Waals surface area (Å²) in [7, 11) is 1.81. The molecular formula is C24H25F2N5O5. The highest BCUT2D eigenvalue weighted by Crippen LogP contribution is 2.45. The Bertz CT molecular complexity index is 1380. The third-order valence-corrected chi connectivity index (χ3v) is 7.44. The van der Waals surface area contributed by atoms with Gasteiger partial charge in [-0.05, 0) is 26.3 Å². The molecule has 0 aliphatic carbocycles. The Hall–Kier alpha value is -3.96. The minimum absolute atomic E-state index is 0.0168. The van der Waals surface area contributed by atoms with E-state index in [1.165, 1.54) is 16.8 Å². The van der Waals surface area contributed by atoms with E-state index in [9.17, 15) is 28.3 Å². The number of rotatable bonds is 3. The molecule has 4 heterocycles. The van der Waals surface area contributed by atoms with Crippen molar-refractivity contribution < 1.29 is 28.3 Å². The average Bonchev–Trinajstić information content (AvgIpc) is 3.05. The molecule has 1 aromatic heterocycles. The maximum absolute atomic E-state index is 14.0. The van der Waals surface area contributed by atoms with Gasteiger partial charge < -0.3 is 29.6 Å². The Morgan fingerprint density at radius 1 is 1.33 bits per heavy atom. The predicted octanol–water partition coefficient (Wildman–Crippen LogP) is 1.93. The molecule has 1 fully saturated rings. The Morgan fingerprint density at radius 3 is 2.75 bits per heavy atom. The number of nitrogens with zero attached hydrogens (tertiary/aromatic N) is 4. The maximum atomic E-state index is 14.0. The molecule has 2 N–H and O–H groups in total. The molecule has 3 atom stereocenters. The van der Waals surface area contributed by atoms with Crippen LogP contribution in [0.25, 0.3) is 0 Å². The van der Waals surface area contributed by atoms with Crippen molar-refractivity contribution in [3.63, 3.8) is 0 Å². The molecule has 0 radical (unpaired) electrons. The summed E-state index contributed by atoms with van der Waals surface area (Å²) in [4.78, 5) is 48.7. The number of amidine groups is 1. The number of halogens is 2. The second kappa shape index (κ2) is 8.32. The first kappa shape index (κ1) is 23.8. The zero-order valence-electron chi connectivity index (χ0n) is 19.9. The van der Waals surface area contributed by atoms with Gasteiger partial charge in [0.2, 0.25) is 11.2 Å². The number of amides is 2. The first-order valence-corrected chi connectivity index (χ1v) is 11.5. The van der Waals surface area contributed by atoms with Crippen molar-refractivity contribution >= 4 is 17.6 Å². The smallest absolute Gasteiger partial charge is 0.274 e. The number of nitrogens with one attached hydrogen (secondary N) is 1. The standard InChI is InChI=1S/C24H25F2N5O5/c1-12-6-7-24(29(3)13(2)28-36-24)18-11-30(12)23(35)19-21(33)20(32)16(10-31(18)19)22(34)27-9-14-4-5-15(25)8-17(14)26/h4-5,8,10,12,18,33H,6-7,9,11H2,1-3H3,(H,27,34)/t12-,18+,24+/m0/s1. The Labute approximate surface area is 204 Å². The van der Waals surface area contributed by atoms with E-state index in [2.05, 4.69) is 10.5 Å². The lowest BCUT2D eigenvalue weighted by molar-refractivity contribution is -0.132. The van der Waals surface area contributed by atoms with Gasteiger partial charge in [0, 0.05) is 50.4 Å². The van der Waals surface area contributed by atoms with E-state index in [-0.39, 0.29) is 30.4 Å². The van der Waals surface area contributed by atoms with Gasteiger partial charge in [0.15, 0.2) is 11.4 Å². The molecule has 0 saturated carbocycles. The van der Waals surface area contributed by atoms with E-state index in [1.54, 1.807) is 11.8 Å². The van der Waals surface area contributed by atoms with Gasteiger partial charge in [-0.25, -0.2) is 8.78 Å². The second-order valence-electron chi connectivity index (χ2n) is 9.39. The van der Waals surface area contributed by atoms with Crippen LogP contribution in [-0.2, 0) is 11.4 Å². The number of fused-ring (bicyclic) bond motifs is 5. The van der Waals surface area contributed by atoms with Crippen molar-refractivity contribution in [2.24, 2.45) is 5.16 Å². The van der Waals surface area contributed by atoms with Gasteiger partial charge in [0.1, 0.15) is 29.1 Å². The van der Waals surface area contributed by atoms with Crippen molar-refractivity contribution in [2.75, 3.05) is 13.6 Å². The number of likely N-dealkylation sites (N-methyl/N-ethyl adjacent to an activating group) is 1. The van der Waals surface area contributed by atoms with E-state index in [4.69, 9.17) is 4.84 Å². The molecule has 3 aliphatic heterocycles. The molecule has 2 amide bonds.